The van der Waals surface area contributed by atoms with Gasteiger partial charge in [-0.2, -0.15) is 0 Å². The lowest BCUT2D eigenvalue weighted by Gasteiger charge is -2.17. The fraction of sp³-hybridized carbons (Fsp3) is 0.650. The summed E-state index contributed by atoms with van der Waals surface area (Å²) >= 11 is 0. The lowest BCUT2D eigenvalue weighted by Crippen LogP contribution is -2.29. The van der Waals surface area contributed by atoms with Crippen LogP contribution in [0.2, 0.25) is 0 Å². The molecule has 0 spiro atoms. The first-order valence-electron chi connectivity index (χ1n) is 10.0. The molecule has 0 amide bonds. The molecule has 0 aromatic heterocycles. The molecule has 8 heteroatoms. The van der Waals surface area contributed by atoms with Gasteiger partial charge >= 0.3 is 5.97 Å². The normalized spacial score (nSPS) is 16.2. The standard InChI is InChI=1S/C20H32N2O5S/c1-16(17-8-7-11-19(14-17)27-18-9-3-4-10-18)22-28(25,26)13-6-2-5-12-21-15-20(23)24/h7-8,11,14,16,18,21-22H,2-6,9-10,12-13,15H2,1H3,(H,23,24). The van der Waals surface area contributed by atoms with Crippen LogP contribution >= 0.6 is 0 Å². The van der Waals surface area contributed by atoms with Crippen molar-refractivity contribution in [1.82, 2.24) is 10.0 Å². The van der Waals surface area contributed by atoms with Gasteiger partial charge in [0.1, 0.15) is 5.75 Å². The number of carbonyl (C=O) groups is 1. The highest BCUT2D eigenvalue weighted by molar-refractivity contribution is 7.89. The average Bonchev–Trinajstić information content (AvgIpc) is 3.13. The molecule has 1 atom stereocenters. The molecule has 1 aromatic carbocycles. The molecule has 0 bridgehead atoms. The van der Waals surface area contributed by atoms with Crippen LogP contribution in [-0.2, 0) is 14.8 Å². The van der Waals surface area contributed by atoms with E-state index < -0.39 is 16.0 Å². The fourth-order valence-corrected chi connectivity index (χ4v) is 4.74. The number of sulfonamides is 1. The maximum atomic E-state index is 12.3. The largest absolute Gasteiger partial charge is 0.490 e. The Hall–Kier alpha value is -1.64. The van der Waals surface area contributed by atoms with Gasteiger partial charge < -0.3 is 15.2 Å². The lowest BCUT2D eigenvalue weighted by molar-refractivity contribution is -0.135. The van der Waals surface area contributed by atoms with Gasteiger partial charge in [-0.15, -0.1) is 0 Å². The number of carboxylic acid groups (broad SMARTS) is 1. The predicted molar refractivity (Wildman–Crippen MR) is 109 cm³/mol. The molecule has 1 aromatic rings. The maximum absolute atomic E-state index is 12.3. The van der Waals surface area contributed by atoms with Crippen LogP contribution in [0.5, 0.6) is 5.75 Å². The van der Waals surface area contributed by atoms with E-state index in [4.69, 9.17) is 9.84 Å². The number of aliphatic carboxylic acids is 1. The van der Waals surface area contributed by atoms with Crippen LogP contribution < -0.4 is 14.8 Å². The maximum Gasteiger partial charge on any atom is 0.317 e. The van der Waals surface area contributed by atoms with E-state index >= 15 is 0 Å². The lowest BCUT2D eigenvalue weighted by atomic mass is 10.1. The molecule has 0 radical (unpaired) electrons. The SMILES string of the molecule is CC(NS(=O)(=O)CCCCCNCC(=O)O)c1cccc(OC2CCCC2)c1. The molecule has 1 aliphatic carbocycles. The summed E-state index contributed by atoms with van der Waals surface area (Å²) < 4.78 is 33.4. The van der Waals surface area contributed by atoms with Gasteiger partial charge in [0.2, 0.25) is 10.0 Å². The van der Waals surface area contributed by atoms with E-state index in [0.29, 0.717) is 13.0 Å². The number of benzene rings is 1. The summed E-state index contributed by atoms with van der Waals surface area (Å²) in [7, 11) is -3.38. The van der Waals surface area contributed by atoms with Crippen LogP contribution in [-0.4, -0.2) is 44.4 Å². The summed E-state index contributed by atoms with van der Waals surface area (Å²) in [5, 5.41) is 11.3. The summed E-state index contributed by atoms with van der Waals surface area (Å²) in [5.41, 5.74) is 0.886. The van der Waals surface area contributed by atoms with E-state index in [0.717, 1.165) is 37.0 Å². The Morgan fingerprint density at radius 1 is 1.25 bits per heavy atom. The summed E-state index contributed by atoms with van der Waals surface area (Å²) in [4.78, 5) is 10.4. The van der Waals surface area contributed by atoms with Crippen molar-refractivity contribution in [1.29, 1.82) is 0 Å². The van der Waals surface area contributed by atoms with Gasteiger partial charge in [0.05, 0.1) is 18.4 Å². The Labute approximate surface area is 167 Å². The van der Waals surface area contributed by atoms with Crippen molar-refractivity contribution in [3.63, 3.8) is 0 Å². The number of carboxylic acids is 1. The van der Waals surface area contributed by atoms with Crippen LogP contribution in [0.25, 0.3) is 0 Å². The van der Waals surface area contributed by atoms with E-state index in [9.17, 15) is 13.2 Å². The monoisotopic (exact) mass is 412 g/mol. The Morgan fingerprint density at radius 3 is 2.71 bits per heavy atom. The summed E-state index contributed by atoms with van der Waals surface area (Å²) in [5.74, 6) is -0.0306. The molecule has 1 saturated carbocycles. The van der Waals surface area contributed by atoms with Gasteiger partial charge in [-0.3, -0.25) is 4.79 Å². The third-order valence-electron chi connectivity index (χ3n) is 4.86. The van der Waals surface area contributed by atoms with Gasteiger partial charge in [0.25, 0.3) is 0 Å². The minimum atomic E-state index is -3.38. The molecule has 28 heavy (non-hydrogen) atoms. The van der Waals surface area contributed by atoms with Crippen molar-refractivity contribution in [2.75, 3.05) is 18.8 Å². The van der Waals surface area contributed by atoms with Crippen LogP contribution in [0, 0.1) is 0 Å². The van der Waals surface area contributed by atoms with Crippen LogP contribution in [0.1, 0.15) is 63.5 Å². The Morgan fingerprint density at radius 2 is 2.00 bits per heavy atom. The number of hydrogen-bond donors (Lipinski definition) is 3. The second-order valence-electron chi connectivity index (χ2n) is 7.39. The minimum absolute atomic E-state index is 0.0640. The van der Waals surface area contributed by atoms with Crippen molar-refractivity contribution >= 4 is 16.0 Å². The number of rotatable bonds is 13. The zero-order valence-electron chi connectivity index (χ0n) is 16.5. The average molecular weight is 413 g/mol. The number of hydrogen-bond acceptors (Lipinski definition) is 5. The van der Waals surface area contributed by atoms with E-state index in [1.165, 1.54) is 12.8 Å². The zero-order chi connectivity index (χ0) is 20.4. The number of nitrogens with one attached hydrogen (secondary N) is 2. The third kappa shape index (κ3) is 8.58. The first-order valence-corrected chi connectivity index (χ1v) is 11.7. The van der Waals surface area contributed by atoms with Gasteiger partial charge in [0.15, 0.2) is 0 Å². The molecule has 1 aliphatic rings. The molecule has 0 heterocycles. The highest BCUT2D eigenvalue weighted by atomic mass is 32.2. The van der Waals surface area contributed by atoms with Crippen molar-refractivity contribution in [3.05, 3.63) is 29.8 Å². The Bertz CT molecular complexity index is 717. The van der Waals surface area contributed by atoms with Gasteiger partial charge in [-0.05, 0) is 69.7 Å². The highest BCUT2D eigenvalue weighted by Gasteiger charge is 2.18. The van der Waals surface area contributed by atoms with Crippen molar-refractivity contribution < 1.29 is 23.1 Å². The van der Waals surface area contributed by atoms with E-state index in [2.05, 4.69) is 10.0 Å². The van der Waals surface area contributed by atoms with Crippen molar-refractivity contribution in [2.45, 2.75) is 64.0 Å². The first-order chi connectivity index (χ1) is 13.4. The van der Waals surface area contributed by atoms with Crippen LogP contribution in [0.15, 0.2) is 24.3 Å². The fourth-order valence-electron chi connectivity index (χ4n) is 3.37. The molecule has 0 aliphatic heterocycles. The van der Waals surface area contributed by atoms with Crippen LogP contribution in [0.4, 0.5) is 0 Å². The molecular formula is C20H32N2O5S. The van der Waals surface area contributed by atoms with Gasteiger partial charge in [-0.1, -0.05) is 18.6 Å². The zero-order valence-corrected chi connectivity index (χ0v) is 17.3. The number of unbranched alkanes of at least 4 members (excludes halogenated alkanes) is 2. The van der Waals surface area contributed by atoms with Crippen LogP contribution in [0.3, 0.4) is 0 Å². The number of ether oxygens (including phenoxy) is 1. The molecule has 0 saturated heterocycles. The third-order valence-corrected chi connectivity index (χ3v) is 6.40. The van der Waals surface area contributed by atoms with Crippen molar-refractivity contribution in [2.24, 2.45) is 0 Å². The first kappa shape index (κ1) is 22.6. The minimum Gasteiger partial charge on any atom is -0.490 e. The van der Waals surface area contributed by atoms with E-state index in [-0.39, 0.29) is 24.4 Å². The van der Waals surface area contributed by atoms with Gasteiger partial charge in [0, 0.05) is 6.04 Å². The summed E-state index contributed by atoms with van der Waals surface area (Å²) in [6.07, 6.45) is 6.86. The molecule has 1 fully saturated rings. The molecule has 1 unspecified atom stereocenters. The molecule has 158 valence electrons. The van der Waals surface area contributed by atoms with E-state index in [1.54, 1.807) is 0 Å². The van der Waals surface area contributed by atoms with E-state index in [1.807, 2.05) is 31.2 Å². The second-order valence-corrected chi connectivity index (χ2v) is 9.26. The summed E-state index contributed by atoms with van der Waals surface area (Å²) in [6.45, 7) is 2.34. The molecule has 2 rings (SSSR count). The molecular weight excluding hydrogens is 380 g/mol. The topological polar surface area (TPSA) is 105 Å². The molecule has 3 N–H and O–H groups in total. The Kier molecular flexibility index (Phi) is 9.21. The smallest absolute Gasteiger partial charge is 0.317 e. The summed E-state index contributed by atoms with van der Waals surface area (Å²) in [6, 6.07) is 7.31. The van der Waals surface area contributed by atoms with Crippen molar-refractivity contribution in [3.8, 4) is 5.75 Å². The Balaban J connectivity index is 1.74. The highest BCUT2D eigenvalue weighted by Crippen LogP contribution is 2.26. The quantitative estimate of drug-likeness (QED) is 0.430. The molecule has 7 nitrogen and oxygen atoms in total. The van der Waals surface area contributed by atoms with Gasteiger partial charge in [-0.25, -0.2) is 13.1 Å². The second kappa shape index (κ2) is 11.4. The predicted octanol–water partition coefficient (Wildman–Crippen LogP) is 2.83.